The lowest BCUT2D eigenvalue weighted by Gasteiger charge is -2.08. The Bertz CT molecular complexity index is 256. The maximum Gasteiger partial charge on any atom is 0.0315 e. The molecule has 72 valence electrons. The van der Waals surface area contributed by atoms with Crippen LogP contribution in [0.15, 0.2) is 18.5 Å². The van der Waals surface area contributed by atoms with Crippen LogP contribution in [0.4, 0.5) is 0 Å². The molecule has 1 rings (SSSR count). The Hall–Kier alpha value is -0.890. The number of hydrogen-bond donors (Lipinski definition) is 1. The molecule has 0 aliphatic carbocycles. The second kappa shape index (κ2) is 4.97. The van der Waals surface area contributed by atoms with Crippen molar-refractivity contribution in [2.75, 3.05) is 6.54 Å². The van der Waals surface area contributed by atoms with Gasteiger partial charge in [-0.25, -0.2) is 0 Å². The van der Waals surface area contributed by atoms with E-state index < -0.39 is 0 Å². The summed E-state index contributed by atoms with van der Waals surface area (Å²) in [6.45, 7) is 8.53. The molecule has 0 spiro atoms. The third-order valence-corrected chi connectivity index (χ3v) is 2.02. The molecule has 0 aliphatic rings. The summed E-state index contributed by atoms with van der Waals surface area (Å²) in [4.78, 5) is 4.10. The summed E-state index contributed by atoms with van der Waals surface area (Å²) in [6, 6.07) is 2.05. The summed E-state index contributed by atoms with van der Waals surface area (Å²) in [5, 5.41) is 3.40. The Morgan fingerprint density at radius 2 is 2.23 bits per heavy atom. The monoisotopic (exact) mass is 178 g/mol. The molecule has 0 atom stereocenters. The zero-order valence-corrected chi connectivity index (χ0v) is 8.67. The third-order valence-electron chi connectivity index (χ3n) is 2.02. The number of aryl methyl sites for hydroxylation is 1. The van der Waals surface area contributed by atoms with Gasteiger partial charge in [-0.1, -0.05) is 13.8 Å². The molecule has 13 heavy (non-hydrogen) atoms. The van der Waals surface area contributed by atoms with Gasteiger partial charge in [-0.15, -0.1) is 0 Å². The van der Waals surface area contributed by atoms with Crippen molar-refractivity contribution in [3.8, 4) is 0 Å². The molecule has 1 aromatic rings. The van der Waals surface area contributed by atoms with Gasteiger partial charge in [0, 0.05) is 18.9 Å². The van der Waals surface area contributed by atoms with Crippen LogP contribution in [0.2, 0.25) is 0 Å². The minimum Gasteiger partial charge on any atom is -0.312 e. The van der Waals surface area contributed by atoms with Gasteiger partial charge < -0.3 is 5.32 Å². The molecule has 1 aromatic heterocycles. The van der Waals surface area contributed by atoms with E-state index in [1.54, 1.807) is 0 Å². The van der Waals surface area contributed by atoms with Crippen molar-refractivity contribution >= 4 is 0 Å². The molecule has 0 aliphatic heterocycles. The minimum atomic E-state index is 0.706. The molecule has 1 N–H and O–H groups in total. The smallest absolute Gasteiger partial charge is 0.0315 e. The molecule has 2 heteroatoms. The maximum absolute atomic E-state index is 4.10. The van der Waals surface area contributed by atoms with Gasteiger partial charge >= 0.3 is 0 Å². The van der Waals surface area contributed by atoms with Crippen LogP contribution < -0.4 is 5.32 Å². The van der Waals surface area contributed by atoms with Crippen molar-refractivity contribution in [3.05, 3.63) is 29.6 Å². The summed E-state index contributed by atoms with van der Waals surface area (Å²) >= 11 is 0. The minimum absolute atomic E-state index is 0.706. The van der Waals surface area contributed by atoms with Gasteiger partial charge in [0.05, 0.1) is 0 Å². The number of hydrogen-bond acceptors (Lipinski definition) is 2. The summed E-state index contributed by atoms with van der Waals surface area (Å²) in [5.74, 6) is 0.706. The van der Waals surface area contributed by atoms with Crippen LogP contribution in [0.25, 0.3) is 0 Å². The molecule has 0 fully saturated rings. The van der Waals surface area contributed by atoms with Crippen LogP contribution in [-0.2, 0) is 6.54 Å². The molecule has 0 bridgehead atoms. The van der Waals surface area contributed by atoms with Gasteiger partial charge in [0.2, 0.25) is 0 Å². The molecule has 0 saturated heterocycles. The van der Waals surface area contributed by atoms with Crippen LogP contribution in [0.3, 0.4) is 0 Å². The van der Waals surface area contributed by atoms with Crippen molar-refractivity contribution in [1.29, 1.82) is 0 Å². The quantitative estimate of drug-likeness (QED) is 0.764. The first-order valence-electron chi connectivity index (χ1n) is 4.80. The first kappa shape index (κ1) is 10.2. The van der Waals surface area contributed by atoms with E-state index in [4.69, 9.17) is 0 Å². The van der Waals surface area contributed by atoms with E-state index in [-0.39, 0.29) is 0 Å². The zero-order valence-electron chi connectivity index (χ0n) is 8.67. The van der Waals surface area contributed by atoms with Crippen LogP contribution in [0.5, 0.6) is 0 Å². The van der Waals surface area contributed by atoms with Gasteiger partial charge in [-0.3, -0.25) is 4.98 Å². The Balaban J connectivity index is 2.41. The second-order valence-electron chi connectivity index (χ2n) is 3.83. The molecule has 0 radical (unpaired) electrons. The standard InChI is InChI=1S/C11H18N2/c1-9(2)6-13-8-11-7-12-5-4-10(11)3/h4-5,7,9,13H,6,8H2,1-3H3. The van der Waals surface area contributed by atoms with E-state index in [1.165, 1.54) is 11.1 Å². The molecule has 0 saturated carbocycles. The van der Waals surface area contributed by atoms with Gasteiger partial charge in [-0.2, -0.15) is 0 Å². The van der Waals surface area contributed by atoms with Crippen LogP contribution in [0, 0.1) is 12.8 Å². The molecule has 2 nitrogen and oxygen atoms in total. The number of nitrogens with zero attached hydrogens (tertiary/aromatic N) is 1. The highest BCUT2D eigenvalue weighted by molar-refractivity contribution is 5.20. The van der Waals surface area contributed by atoms with E-state index in [0.717, 1.165) is 13.1 Å². The summed E-state index contributed by atoms with van der Waals surface area (Å²) in [5.41, 5.74) is 2.61. The van der Waals surface area contributed by atoms with Crippen molar-refractivity contribution in [2.24, 2.45) is 5.92 Å². The molecular weight excluding hydrogens is 160 g/mol. The largest absolute Gasteiger partial charge is 0.312 e. The Morgan fingerprint density at radius 1 is 1.46 bits per heavy atom. The van der Waals surface area contributed by atoms with Crippen molar-refractivity contribution in [2.45, 2.75) is 27.3 Å². The lowest BCUT2D eigenvalue weighted by atomic mass is 10.1. The van der Waals surface area contributed by atoms with Gasteiger partial charge in [0.1, 0.15) is 0 Å². The first-order valence-corrected chi connectivity index (χ1v) is 4.80. The van der Waals surface area contributed by atoms with E-state index in [0.29, 0.717) is 5.92 Å². The van der Waals surface area contributed by atoms with Gasteiger partial charge in [0.25, 0.3) is 0 Å². The Labute approximate surface area is 80.4 Å². The summed E-state index contributed by atoms with van der Waals surface area (Å²) in [6.07, 6.45) is 3.77. The van der Waals surface area contributed by atoms with Crippen molar-refractivity contribution < 1.29 is 0 Å². The van der Waals surface area contributed by atoms with Crippen molar-refractivity contribution in [3.63, 3.8) is 0 Å². The Morgan fingerprint density at radius 3 is 2.85 bits per heavy atom. The summed E-state index contributed by atoms with van der Waals surface area (Å²) in [7, 11) is 0. The molecule has 0 unspecified atom stereocenters. The van der Waals surface area contributed by atoms with Gasteiger partial charge in [-0.05, 0) is 36.6 Å². The predicted molar refractivity (Wildman–Crippen MR) is 55.5 cm³/mol. The predicted octanol–water partition coefficient (Wildman–Crippen LogP) is 2.14. The number of aromatic nitrogens is 1. The Kier molecular flexibility index (Phi) is 3.90. The SMILES string of the molecule is Cc1ccncc1CNCC(C)C. The van der Waals surface area contributed by atoms with Crippen LogP contribution in [0.1, 0.15) is 25.0 Å². The fraction of sp³-hybridized carbons (Fsp3) is 0.545. The lowest BCUT2D eigenvalue weighted by molar-refractivity contribution is 0.551. The summed E-state index contributed by atoms with van der Waals surface area (Å²) < 4.78 is 0. The fourth-order valence-corrected chi connectivity index (χ4v) is 1.18. The van der Waals surface area contributed by atoms with E-state index in [1.807, 2.05) is 18.5 Å². The molecule has 0 aromatic carbocycles. The molecule has 0 amide bonds. The second-order valence-corrected chi connectivity index (χ2v) is 3.83. The average Bonchev–Trinajstić information content (AvgIpc) is 2.08. The molecule has 1 heterocycles. The van der Waals surface area contributed by atoms with Crippen LogP contribution >= 0.6 is 0 Å². The average molecular weight is 178 g/mol. The van der Waals surface area contributed by atoms with E-state index >= 15 is 0 Å². The number of nitrogens with one attached hydrogen (secondary N) is 1. The normalized spacial score (nSPS) is 10.8. The topological polar surface area (TPSA) is 24.9 Å². The van der Waals surface area contributed by atoms with Gasteiger partial charge in [0.15, 0.2) is 0 Å². The lowest BCUT2D eigenvalue weighted by Crippen LogP contribution is -2.19. The van der Waals surface area contributed by atoms with E-state index in [9.17, 15) is 0 Å². The third kappa shape index (κ3) is 3.55. The number of pyridine rings is 1. The van der Waals surface area contributed by atoms with E-state index in [2.05, 4.69) is 31.1 Å². The highest BCUT2D eigenvalue weighted by atomic mass is 14.9. The first-order chi connectivity index (χ1) is 6.20. The molecular formula is C11H18N2. The zero-order chi connectivity index (χ0) is 9.68. The fourth-order valence-electron chi connectivity index (χ4n) is 1.18. The maximum atomic E-state index is 4.10. The number of rotatable bonds is 4. The van der Waals surface area contributed by atoms with Crippen molar-refractivity contribution in [1.82, 2.24) is 10.3 Å². The van der Waals surface area contributed by atoms with Crippen LogP contribution in [-0.4, -0.2) is 11.5 Å². The highest BCUT2D eigenvalue weighted by Crippen LogP contribution is 2.04. The highest BCUT2D eigenvalue weighted by Gasteiger charge is 1.97.